The maximum Gasteiger partial charge on any atom is 0.146 e. The SMILES string of the molecule is c1ccc(-c2nc(-c3cccc(-c4ccc5oc6ccccc6c5c4)c3)n3c2ccc2cccnc23)cc1. The number of aromatic nitrogens is 3. The Labute approximate surface area is 218 Å². The molecule has 0 aliphatic rings. The molecule has 8 rings (SSSR count). The van der Waals surface area contributed by atoms with Crippen LogP contribution in [0.5, 0.6) is 0 Å². The Balaban J connectivity index is 1.35. The molecule has 0 bridgehead atoms. The lowest BCUT2D eigenvalue weighted by Gasteiger charge is -2.08. The summed E-state index contributed by atoms with van der Waals surface area (Å²) in [4.78, 5) is 9.96. The minimum Gasteiger partial charge on any atom is -0.456 e. The van der Waals surface area contributed by atoms with Crippen LogP contribution in [0.1, 0.15) is 0 Å². The van der Waals surface area contributed by atoms with Gasteiger partial charge in [-0.15, -0.1) is 0 Å². The van der Waals surface area contributed by atoms with Crippen LogP contribution < -0.4 is 0 Å². The van der Waals surface area contributed by atoms with Gasteiger partial charge in [0.15, 0.2) is 0 Å². The minimum absolute atomic E-state index is 0.875. The lowest BCUT2D eigenvalue weighted by atomic mass is 10.0. The van der Waals surface area contributed by atoms with Crippen LogP contribution in [0.25, 0.3) is 72.3 Å². The Morgan fingerprint density at radius 1 is 0.553 bits per heavy atom. The minimum atomic E-state index is 0.875. The molecular formula is C34H21N3O. The topological polar surface area (TPSA) is 43.3 Å². The van der Waals surface area contributed by atoms with Crippen LogP contribution in [0.4, 0.5) is 0 Å². The first-order valence-corrected chi connectivity index (χ1v) is 12.7. The number of nitrogens with zero attached hydrogens (tertiary/aromatic N) is 3. The average molecular weight is 488 g/mol. The standard InChI is InChI=1S/C34H21N3O/c1-2-8-22(9-3-1)32-29-17-15-23-12-7-19-35-33(23)37(29)34(36-32)26-11-6-10-24(20-26)25-16-18-31-28(21-25)27-13-4-5-14-30(27)38-31/h1-21H. The Kier molecular flexibility index (Phi) is 4.49. The van der Waals surface area contributed by atoms with Gasteiger partial charge in [0.05, 0.1) is 11.2 Å². The molecule has 0 fully saturated rings. The van der Waals surface area contributed by atoms with Gasteiger partial charge in [0.2, 0.25) is 0 Å². The van der Waals surface area contributed by atoms with E-state index in [2.05, 4.69) is 101 Å². The van der Waals surface area contributed by atoms with E-state index >= 15 is 0 Å². The molecule has 4 aromatic carbocycles. The summed E-state index contributed by atoms with van der Waals surface area (Å²) in [6.07, 6.45) is 1.84. The Morgan fingerprint density at radius 2 is 1.34 bits per heavy atom. The Hall–Kier alpha value is -5.22. The van der Waals surface area contributed by atoms with Gasteiger partial charge in [-0.25, -0.2) is 9.97 Å². The highest BCUT2D eigenvalue weighted by Crippen LogP contribution is 2.36. The Bertz CT molecular complexity index is 2140. The van der Waals surface area contributed by atoms with Gasteiger partial charge in [-0.2, -0.15) is 0 Å². The second-order valence-corrected chi connectivity index (χ2v) is 9.51. The van der Waals surface area contributed by atoms with Gasteiger partial charge in [0.25, 0.3) is 0 Å². The van der Waals surface area contributed by atoms with E-state index in [0.717, 1.165) is 72.3 Å². The molecule has 0 spiro atoms. The van der Waals surface area contributed by atoms with E-state index in [-0.39, 0.29) is 0 Å². The Morgan fingerprint density at radius 3 is 2.29 bits per heavy atom. The number of benzene rings is 4. The molecule has 4 heteroatoms. The molecule has 0 N–H and O–H groups in total. The van der Waals surface area contributed by atoms with E-state index in [0.29, 0.717) is 0 Å². The van der Waals surface area contributed by atoms with Crippen molar-refractivity contribution in [3.8, 4) is 33.8 Å². The molecule has 8 aromatic rings. The summed E-state index contributed by atoms with van der Waals surface area (Å²) < 4.78 is 8.23. The largest absolute Gasteiger partial charge is 0.456 e. The monoisotopic (exact) mass is 487 g/mol. The van der Waals surface area contributed by atoms with Crippen LogP contribution in [0, 0.1) is 0 Å². The van der Waals surface area contributed by atoms with Gasteiger partial charge in [-0.1, -0.05) is 72.8 Å². The van der Waals surface area contributed by atoms with Crippen LogP contribution in [-0.4, -0.2) is 14.4 Å². The van der Waals surface area contributed by atoms with Crippen molar-refractivity contribution in [1.82, 2.24) is 14.4 Å². The number of imidazole rings is 1. The van der Waals surface area contributed by atoms with Crippen molar-refractivity contribution in [3.05, 3.63) is 128 Å². The number of fused-ring (bicyclic) bond motifs is 6. The quantitative estimate of drug-likeness (QED) is 0.250. The maximum atomic E-state index is 6.05. The molecule has 0 atom stereocenters. The summed E-state index contributed by atoms with van der Waals surface area (Å²) in [6, 6.07) is 41.9. The number of rotatable bonds is 3. The molecule has 0 radical (unpaired) electrons. The van der Waals surface area contributed by atoms with Crippen molar-refractivity contribution >= 4 is 38.5 Å². The number of pyridine rings is 2. The van der Waals surface area contributed by atoms with Crippen LogP contribution >= 0.6 is 0 Å². The van der Waals surface area contributed by atoms with Crippen molar-refractivity contribution in [3.63, 3.8) is 0 Å². The molecule has 4 nitrogen and oxygen atoms in total. The van der Waals surface area contributed by atoms with Crippen molar-refractivity contribution in [2.24, 2.45) is 0 Å². The van der Waals surface area contributed by atoms with Crippen LogP contribution in [0.15, 0.2) is 132 Å². The molecule has 0 amide bonds. The molecular weight excluding hydrogens is 466 g/mol. The summed E-state index contributed by atoms with van der Waals surface area (Å²) in [5.41, 5.74) is 9.07. The zero-order valence-corrected chi connectivity index (χ0v) is 20.4. The highest BCUT2D eigenvalue weighted by Gasteiger charge is 2.17. The lowest BCUT2D eigenvalue weighted by Crippen LogP contribution is -1.94. The molecule has 0 unspecified atom stereocenters. The fourth-order valence-electron chi connectivity index (χ4n) is 5.44. The van der Waals surface area contributed by atoms with Crippen molar-refractivity contribution in [1.29, 1.82) is 0 Å². The predicted molar refractivity (Wildman–Crippen MR) is 154 cm³/mol. The smallest absolute Gasteiger partial charge is 0.146 e. The molecule has 4 heterocycles. The van der Waals surface area contributed by atoms with Gasteiger partial charge in [-0.05, 0) is 59.7 Å². The van der Waals surface area contributed by atoms with E-state index in [9.17, 15) is 0 Å². The van der Waals surface area contributed by atoms with Crippen molar-refractivity contribution in [2.75, 3.05) is 0 Å². The van der Waals surface area contributed by atoms with Crippen LogP contribution in [0.2, 0.25) is 0 Å². The van der Waals surface area contributed by atoms with Crippen LogP contribution in [0.3, 0.4) is 0 Å². The van der Waals surface area contributed by atoms with E-state index in [1.165, 1.54) is 0 Å². The van der Waals surface area contributed by atoms with Gasteiger partial charge >= 0.3 is 0 Å². The van der Waals surface area contributed by atoms with E-state index < -0.39 is 0 Å². The average Bonchev–Trinajstić information content (AvgIpc) is 3.56. The number of furan rings is 1. The van der Waals surface area contributed by atoms with Gasteiger partial charge in [-0.3, -0.25) is 4.40 Å². The van der Waals surface area contributed by atoms with Gasteiger partial charge in [0.1, 0.15) is 22.6 Å². The first-order chi connectivity index (χ1) is 18.8. The summed E-state index contributed by atoms with van der Waals surface area (Å²) in [5.74, 6) is 0.875. The summed E-state index contributed by atoms with van der Waals surface area (Å²) in [7, 11) is 0. The first-order valence-electron chi connectivity index (χ1n) is 12.7. The van der Waals surface area contributed by atoms with Crippen LogP contribution in [-0.2, 0) is 0 Å². The predicted octanol–water partition coefficient (Wildman–Crippen LogP) is 8.78. The highest BCUT2D eigenvalue weighted by molar-refractivity contribution is 6.06. The van der Waals surface area contributed by atoms with Gasteiger partial charge < -0.3 is 4.42 Å². The van der Waals surface area contributed by atoms with Crippen molar-refractivity contribution < 1.29 is 4.42 Å². The number of para-hydroxylation sites is 1. The zero-order valence-electron chi connectivity index (χ0n) is 20.4. The first kappa shape index (κ1) is 20.9. The lowest BCUT2D eigenvalue weighted by molar-refractivity contribution is 0.669. The van der Waals surface area contributed by atoms with E-state index in [1.807, 2.05) is 30.5 Å². The molecule has 4 aromatic heterocycles. The third-order valence-electron chi connectivity index (χ3n) is 7.24. The molecule has 0 aliphatic carbocycles. The summed E-state index contributed by atoms with van der Waals surface area (Å²) >= 11 is 0. The van der Waals surface area contributed by atoms with Crippen molar-refractivity contribution in [2.45, 2.75) is 0 Å². The molecule has 0 saturated carbocycles. The van der Waals surface area contributed by atoms with Gasteiger partial charge in [0, 0.05) is 33.5 Å². The third kappa shape index (κ3) is 3.17. The fraction of sp³-hybridized carbons (Fsp3) is 0. The zero-order chi connectivity index (χ0) is 25.1. The second kappa shape index (κ2) is 8.15. The summed E-state index contributed by atoms with van der Waals surface area (Å²) in [5, 5.41) is 3.33. The third-order valence-corrected chi connectivity index (χ3v) is 7.24. The highest BCUT2D eigenvalue weighted by atomic mass is 16.3. The second-order valence-electron chi connectivity index (χ2n) is 9.51. The molecule has 38 heavy (non-hydrogen) atoms. The number of hydrogen-bond acceptors (Lipinski definition) is 3. The van der Waals surface area contributed by atoms with E-state index in [1.54, 1.807) is 0 Å². The normalized spacial score (nSPS) is 11.7. The van der Waals surface area contributed by atoms with E-state index in [4.69, 9.17) is 14.4 Å². The molecule has 0 saturated heterocycles. The molecule has 178 valence electrons. The summed E-state index contributed by atoms with van der Waals surface area (Å²) in [6.45, 7) is 0. The number of hydrogen-bond donors (Lipinski definition) is 0. The fourth-order valence-corrected chi connectivity index (χ4v) is 5.44. The molecule has 0 aliphatic heterocycles. The maximum absolute atomic E-state index is 6.05.